The molecular weight excluding hydrogens is 498 g/mol. The molecule has 2 aliphatic rings. The Morgan fingerprint density at radius 1 is 0.613 bits per heavy atom. The van der Waals surface area contributed by atoms with E-state index >= 15 is 0 Å². The van der Waals surface area contributed by atoms with Gasteiger partial charge >= 0.3 is 37.9 Å². The minimum absolute atomic E-state index is 0.826. The fraction of sp³-hybridized carbons (Fsp3) is 0.107. The van der Waals surface area contributed by atoms with Crippen LogP contribution in [0.15, 0.2) is 84.9 Å². The van der Waals surface area contributed by atoms with E-state index in [0.29, 0.717) is 0 Å². The molecule has 0 atom stereocenters. The van der Waals surface area contributed by atoms with Gasteiger partial charge in [0.05, 0.1) is 0 Å². The predicted molar refractivity (Wildman–Crippen MR) is 128 cm³/mol. The van der Waals surface area contributed by atoms with E-state index in [2.05, 4.69) is 91.3 Å². The van der Waals surface area contributed by atoms with Crippen LogP contribution >= 0.6 is 17.0 Å². The summed E-state index contributed by atoms with van der Waals surface area (Å²) in [4.78, 5) is 0. The summed E-state index contributed by atoms with van der Waals surface area (Å²) in [5.41, 5.74) is 14.4. The molecule has 0 unspecified atom stereocenters. The third-order valence-corrected chi connectivity index (χ3v) is 6.30. The number of hydrogen-bond acceptors (Lipinski definition) is 0. The molecule has 3 heteroatoms. The van der Waals surface area contributed by atoms with E-state index in [1.807, 2.05) is 0 Å². The van der Waals surface area contributed by atoms with Crippen LogP contribution in [-0.2, 0) is 40.1 Å². The van der Waals surface area contributed by atoms with Gasteiger partial charge in [-0.2, -0.15) is 18.1 Å². The van der Waals surface area contributed by atoms with Crippen molar-refractivity contribution in [3.8, 4) is 22.3 Å². The fourth-order valence-corrected chi connectivity index (χ4v) is 5.05. The van der Waals surface area contributed by atoms with Crippen molar-refractivity contribution in [1.29, 1.82) is 0 Å². The summed E-state index contributed by atoms with van der Waals surface area (Å²) < 4.78 is 0. The zero-order chi connectivity index (χ0) is 21.2. The summed E-state index contributed by atoms with van der Waals surface area (Å²) in [6.45, 7) is 0. The minimum atomic E-state index is -0.826. The van der Waals surface area contributed by atoms with Gasteiger partial charge in [0.25, 0.3) is 0 Å². The van der Waals surface area contributed by atoms with Gasteiger partial charge in [0.1, 0.15) is 0 Å². The second kappa shape index (κ2) is 9.37. The largest absolute Gasteiger partial charge is 0.184 e. The van der Waals surface area contributed by atoms with E-state index < -0.39 is 20.8 Å². The zero-order valence-electron chi connectivity index (χ0n) is 17.0. The molecule has 0 fully saturated rings. The van der Waals surface area contributed by atoms with Crippen molar-refractivity contribution in [1.82, 2.24) is 0 Å². The number of rotatable bonds is 3. The van der Waals surface area contributed by atoms with Gasteiger partial charge in [-0.1, -0.05) is 90.3 Å². The van der Waals surface area contributed by atoms with Gasteiger partial charge in [0.2, 0.25) is 0 Å². The van der Waals surface area contributed by atoms with Crippen LogP contribution in [0.5, 0.6) is 0 Å². The molecule has 2 aliphatic carbocycles. The summed E-state index contributed by atoms with van der Waals surface area (Å²) in [7, 11) is 9.87. The number of fused-ring (bicyclic) bond motifs is 6. The van der Waals surface area contributed by atoms with Crippen molar-refractivity contribution in [2.75, 3.05) is 0 Å². The SMILES string of the molecule is [Cl][Zr][Cl].c1ccc2c(c1)Cc1cccc([CH-]Cc3cccc4c3-c3ccccc3C4)c1-2. The van der Waals surface area contributed by atoms with Crippen molar-refractivity contribution in [3.63, 3.8) is 0 Å². The van der Waals surface area contributed by atoms with Gasteiger partial charge < -0.3 is 0 Å². The molecule has 0 aliphatic heterocycles. The van der Waals surface area contributed by atoms with Crippen LogP contribution in [0.25, 0.3) is 22.3 Å². The van der Waals surface area contributed by atoms with E-state index in [4.69, 9.17) is 17.0 Å². The van der Waals surface area contributed by atoms with Crippen molar-refractivity contribution in [2.24, 2.45) is 0 Å². The van der Waals surface area contributed by atoms with Gasteiger partial charge in [-0.3, -0.25) is 0 Å². The van der Waals surface area contributed by atoms with Gasteiger partial charge in [0.15, 0.2) is 0 Å². The van der Waals surface area contributed by atoms with E-state index in [-0.39, 0.29) is 0 Å². The Kier molecular flexibility index (Phi) is 6.37. The summed E-state index contributed by atoms with van der Waals surface area (Å²) in [6, 6.07) is 31.3. The normalized spacial score (nSPS) is 12.1. The summed E-state index contributed by atoms with van der Waals surface area (Å²) >= 11 is -0.826. The topological polar surface area (TPSA) is 0 Å². The summed E-state index contributed by atoms with van der Waals surface area (Å²) in [5, 5.41) is 0. The molecule has 0 saturated heterocycles. The first-order chi connectivity index (χ1) is 15.3. The molecule has 0 spiro atoms. The van der Waals surface area contributed by atoms with Gasteiger partial charge in [-0.15, -0.1) is 11.6 Å². The van der Waals surface area contributed by atoms with Crippen LogP contribution < -0.4 is 0 Å². The fourth-order valence-electron chi connectivity index (χ4n) is 5.05. The predicted octanol–water partition coefficient (Wildman–Crippen LogP) is 8.00. The van der Waals surface area contributed by atoms with Crippen LogP contribution in [0.3, 0.4) is 0 Å². The Hall–Kier alpha value is -1.79. The summed E-state index contributed by atoms with van der Waals surface area (Å²) in [5.74, 6) is 0. The van der Waals surface area contributed by atoms with Crippen LogP contribution in [-0.4, -0.2) is 0 Å². The third kappa shape index (κ3) is 4.05. The second-order valence-electron chi connectivity index (χ2n) is 7.98. The van der Waals surface area contributed by atoms with Crippen LogP contribution in [0.4, 0.5) is 0 Å². The van der Waals surface area contributed by atoms with Crippen LogP contribution in [0.1, 0.15) is 33.4 Å². The van der Waals surface area contributed by atoms with Crippen molar-refractivity contribution < 1.29 is 20.8 Å². The van der Waals surface area contributed by atoms with Crippen LogP contribution in [0, 0.1) is 6.42 Å². The van der Waals surface area contributed by atoms with Gasteiger partial charge in [0, 0.05) is 0 Å². The third-order valence-electron chi connectivity index (χ3n) is 6.30. The Bertz CT molecular complexity index is 1150. The van der Waals surface area contributed by atoms with Crippen LogP contribution in [0.2, 0.25) is 0 Å². The standard InChI is InChI=1S/C28H21.2ClH.Zr/c1-3-13-25-21(7-1)17-23-11-5-9-19(27(23)25)15-16-20-10-6-12-24-18-22-8-2-4-14-26(22)28(20)24;;;/h1-15H,16-18H2;2*1H;/q-1;;;+2/p-2. The molecule has 0 aromatic heterocycles. The Labute approximate surface area is 202 Å². The van der Waals surface area contributed by atoms with E-state index in [0.717, 1.165) is 19.3 Å². The molecule has 0 radical (unpaired) electrons. The Balaban J connectivity index is 0.000000646. The molecule has 0 N–H and O–H groups in total. The first kappa shape index (κ1) is 21.1. The zero-order valence-corrected chi connectivity index (χ0v) is 21.0. The number of benzene rings is 4. The second-order valence-corrected chi connectivity index (χ2v) is 11.7. The molecule has 4 aromatic rings. The number of halogens is 2. The molecule has 31 heavy (non-hydrogen) atoms. The first-order valence-corrected chi connectivity index (χ1v) is 16.8. The maximum atomic E-state index is 4.93. The van der Waals surface area contributed by atoms with E-state index in [1.165, 1.54) is 55.6 Å². The molecule has 0 bridgehead atoms. The minimum Gasteiger partial charge on any atom is -0.184 e. The van der Waals surface area contributed by atoms with Gasteiger partial charge in [-0.05, 0) is 46.2 Å². The van der Waals surface area contributed by atoms with Crippen molar-refractivity contribution in [3.05, 3.63) is 125 Å². The smallest absolute Gasteiger partial charge is 0.00134 e. The monoisotopic (exact) mass is 517 g/mol. The maximum Gasteiger partial charge on any atom is -0.00134 e. The molecule has 0 heterocycles. The molecular formula is C28H21Cl2Zr-. The molecule has 152 valence electrons. The molecule has 6 rings (SSSR count). The first-order valence-electron chi connectivity index (χ1n) is 10.5. The molecule has 0 amide bonds. The van der Waals surface area contributed by atoms with Gasteiger partial charge in [-0.25, -0.2) is 0 Å². The van der Waals surface area contributed by atoms with Crippen molar-refractivity contribution in [2.45, 2.75) is 19.3 Å². The summed E-state index contributed by atoms with van der Waals surface area (Å²) in [6.07, 6.45) is 5.52. The molecule has 4 aromatic carbocycles. The van der Waals surface area contributed by atoms with Crippen molar-refractivity contribution >= 4 is 17.0 Å². The number of hydrogen-bond donors (Lipinski definition) is 0. The molecule has 0 nitrogen and oxygen atoms in total. The maximum absolute atomic E-state index is 4.93. The Morgan fingerprint density at radius 2 is 1.13 bits per heavy atom. The van der Waals surface area contributed by atoms with E-state index in [9.17, 15) is 0 Å². The average Bonchev–Trinajstić information content (AvgIpc) is 3.37. The Morgan fingerprint density at radius 3 is 1.81 bits per heavy atom. The van der Waals surface area contributed by atoms with E-state index in [1.54, 1.807) is 0 Å². The average molecular weight is 520 g/mol. The quantitative estimate of drug-likeness (QED) is 0.208. The molecule has 0 saturated carbocycles.